The summed E-state index contributed by atoms with van der Waals surface area (Å²) in [6.45, 7) is 2.04. The maximum atomic E-state index is 12.1. The fourth-order valence-corrected chi connectivity index (χ4v) is 2.18. The molecule has 6 heteroatoms. The van der Waals surface area contributed by atoms with Gasteiger partial charge in [0.15, 0.2) is 0 Å². The number of aromatic nitrogens is 3. The Morgan fingerprint density at radius 2 is 2.10 bits per heavy atom. The van der Waals surface area contributed by atoms with Crippen molar-refractivity contribution in [2.45, 2.75) is 25.7 Å². The van der Waals surface area contributed by atoms with E-state index in [1.807, 2.05) is 13.0 Å². The number of rotatable bonds is 3. The standard InChI is InChI=1S/C14H15N5O/c1-8-4-5-16-13(12(8)9-2-3-9)19-14(20)10-6-18-11(15)7-17-10/h4-7,9H,2-3H2,1H3,(H2,15,18)(H,16,19,20). The number of carbonyl (C=O) groups excluding carboxylic acids is 1. The third kappa shape index (κ3) is 2.45. The van der Waals surface area contributed by atoms with Crippen LogP contribution in [0.3, 0.4) is 0 Å². The smallest absolute Gasteiger partial charge is 0.277 e. The van der Waals surface area contributed by atoms with Gasteiger partial charge in [-0.1, -0.05) is 0 Å². The molecule has 0 spiro atoms. The van der Waals surface area contributed by atoms with Crippen LogP contribution in [0.15, 0.2) is 24.7 Å². The van der Waals surface area contributed by atoms with Gasteiger partial charge in [-0.25, -0.2) is 15.0 Å². The van der Waals surface area contributed by atoms with E-state index in [2.05, 4.69) is 20.3 Å². The zero-order valence-corrected chi connectivity index (χ0v) is 11.1. The zero-order chi connectivity index (χ0) is 14.1. The highest BCUT2D eigenvalue weighted by atomic mass is 16.1. The van der Waals surface area contributed by atoms with Crippen molar-refractivity contribution in [2.75, 3.05) is 11.1 Å². The Labute approximate surface area is 116 Å². The van der Waals surface area contributed by atoms with Crippen LogP contribution in [0.1, 0.15) is 40.4 Å². The molecule has 3 N–H and O–H groups in total. The molecule has 1 aliphatic carbocycles. The van der Waals surface area contributed by atoms with Gasteiger partial charge in [0.2, 0.25) is 0 Å². The molecule has 3 rings (SSSR count). The number of carbonyl (C=O) groups is 1. The van der Waals surface area contributed by atoms with Crippen LogP contribution in [0.25, 0.3) is 0 Å². The lowest BCUT2D eigenvalue weighted by atomic mass is 10.1. The van der Waals surface area contributed by atoms with E-state index >= 15 is 0 Å². The Hall–Kier alpha value is -2.50. The summed E-state index contributed by atoms with van der Waals surface area (Å²) in [6.07, 6.45) is 6.72. The fraction of sp³-hybridized carbons (Fsp3) is 0.286. The highest BCUT2D eigenvalue weighted by Crippen LogP contribution is 2.44. The summed E-state index contributed by atoms with van der Waals surface area (Å²) >= 11 is 0. The molecule has 6 nitrogen and oxygen atoms in total. The van der Waals surface area contributed by atoms with E-state index in [4.69, 9.17) is 5.73 Å². The summed E-state index contributed by atoms with van der Waals surface area (Å²) in [6, 6.07) is 1.96. The summed E-state index contributed by atoms with van der Waals surface area (Å²) in [5, 5.41) is 2.82. The van der Waals surface area contributed by atoms with Crippen LogP contribution >= 0.6 is 0 Å². The highest BCUT2D eigenvalue weighted by molar-refractivity contribution is 6.02. The number of hydrogen-bond donors (Lipinski definition) is 2. The molecule has 0 aliphatic heterocycles. The van der Waals surface area contributed by atoms with Crippen molar-refractivity contribution in [2.24, 2.45) is 0 Å². The predicted octanol–water partition coefficient (Wildman–Crippen LogP) is 1.89. The minimum absolute atomic E-state index is 0.226. The van der Waals surface area contributed by atoms with E-state index in [1.54, 1.807) is 6.20 Å². The number of hydrogen-bond acceptors (Lipinski definition) is 5. The number of nitrogens with two attached hydrogens (primary N) is 1. The van der Waals surface area contributed by atoms with Crippen LogP contribution in [-0.4, -0.2) is 20.9 Å². The molecule has 1 fully saturated rings. The number of nitrogens with zero attached hydrogens (tertiary/aromatic N) is 3. The number of pyridine rings is 1. The number of nitrogens with one attached hydrogen (secondary N) is 1. The van der Waals surface area contributed by atoms with Gasteiger partial charge in [-0.05, 0) is 37.3 Å². The van der Waals surface area contributed by atoms with Crippen molar-refractivity contribution in [1.82, 2.24) is 15.0 Å². The molecule has 0 saturated heterocycles. The monoisotopic (exact) mass is 269 g/mol. The van der Waals surface area contributed by atoms with Crippen molar-refractivity contribution in [1.29, 1.82) is 0 Å². The molecule has 0 atom stereocenters. The van der Waals surface area contributed by atoms with E-state index in [0.29, 0.717) is 11.7 Å². The number of amides is 1. The minimum atomic E-state index is -0.322. The molecule has 20 heavy (non-hydrogen) atoms. The molecule has 2 heterocycles. The second kappa shape index (κ2) is 4.88. The molecule has 0 aromatic carbocycles. The SMILES string of the molecule is Cc1ccnc(NC(=O)c2cnc(N)cn2)c1C1CC1. The lowest BCUT2D eigenvalue weighted by Crippen LogP contribution is -2.16. The van der Waals surface area contributed by atoms with Crippen LogP contribution in [0, 0.1) is 6.92 Å². The number of nitrogen functional groups attached to an aromatic ring is 1. The van der Waals surface area contributed by atoms with Gasteiger partial charge in [0.25, 0.3) is 5.91 Å². The van der Waals surface area contributed by atoms with Crippen LogP contribution in [0.5, 0.6) is 0 Å². The van der Waals surface area contributed by atoms with E-state index in [1.165, 1.54) is 12.4 Å². The first-order valence-corrected chi connectivity index (χ1v) is 6.49. The maximum absolute atomic E-state index is 12.1. The van der Waals surface area contributed by atoms with Gasteiger partial charge in [-0.2, -0.15) is 0 Å². The van der Waals surface area contributed by atoms with Gasteiger partial charge < -0.3 is 11.1 Å². The van der Waals surface area contributed by atoms with Crippen LogP contribution in [0.2, 0.25) is 0 Å². The highest BCUT2D eigenvalue weighted by Gasteiger charge is 2.29. The Morgan fingerprint density at radius 3 is 2.75 bits per heavy atom. The lowest BCUT2D eigenvalue weighted by molar-refractivity contribution is 0.102. The third-order valence-corrected chi connectivity index (χ3v) is 3.33. The van der Waals surface area contributed by atoms with Gasteiger partial charge in [-0.15, -0.1) is 0 Å². The van der Waals surface area contributed by atoms with Gasteiger partial charge in [0.1, 0.15) is 17.3 Å². The van der Waals surface area contributed by atoms with Crippen molar-refractivity contribution in [3.05, 3.63) is 41.5 Å². The Balaban J connectivity index is 1.86. The number of anilines is 2. The average molecular weight is 269 g/mol. The quantitative estimate of drug-likeness (QED) is 0.887. The maximum Gasteiger partial charge on any atom is 0.277 e. The molecule has 1 saturated carbocycles. The molecule has 2 aromatic rings. The molecule has 0 radical (unpaired) electrons. The zero-order valence-electron chi connectivity index (χ0n) is 11.1. The van der Waals surface area contributed by atoms with Gasteiger partial charge in [-0.3, -0.25) is 4.79 Å². The molecule has 0 unspecified atom stereocenters. The van der Waals surface area contributed by atoms with Crippen molar-refractivity contribution >= 4 is 17.5 Å². The molecule has 2 aromatic heterocycles. The Morgan fingerprint density at radius 1 is 1.30 bits per heavy atom. The van der Waals surface area contributed by atoms with E-state index in [0.717, 1.165) is 24.0 Å². The van der Waals surface area contributed by atoms with E-state index in [-0.39, 0.29) is 17.4 Å². The summed E-state index contributed by atoms with van der Waals surface area (Å²) < 4.78 is 0. The largest absolute Gasteiger partial charge is 0.382 e. The Kier molecular flexibility index (Phi) is 3.06. The molecular formula is C14H15N5O. The molecule has 102 valence electrons. The summed E-state index contributed by atoms with van der Waals surface area (Å²) in [5.41, 5.74) is 7.96. The topological polar surface area (TPSA) is 93.8 Å². The normalized spacial score (nSPS) is 14.1. The number of aryl methyl sites for hydroxylation is 1. The van der Waals surface area contributed by atoms with Crippen molar-refractivity contribution in [3.63, 3.8) is 0 Å². The lowest BCUT2D eigenvalue weighted by Gasteiger charge is -2.11. The first kappa shape index (κ1) is 12.5. The van der Waals surface area contributed by atoms with Crippen LogP contribution < -0.4 is 11.1 Å². The summed E-state index contributed by atoms with van der Waals surface area (Å²) in [4.78, 5) is 24.2. The molecule has 1 aliphatic rings. The van der Waals surface area contributed by atoms with E-state index in [9.17, 15) is 4.79 Å². The van der Waals surface area contributed by atoms with Gasteiger partial charge in [0, 0.05) is 11.8 Å². The molecule has 0 bridgehead atoms. The molecule has 1 amide bonds. The van der Waals surface area contributed by atoms with Gasteiger partial charge >= 0.3 is 0 Å². The van der Waals surface area contributed by atoms with E-state index < -0.39 is 0 Å². The van der Waals surface area contributed by atoms with Gasteiger partial charge in [0.05, 0.1) is 12.4 Å². The minimum Gasteiger partial charge on any atom is -0.382 e. The Bertz CT molecular complexity index is 649. The van der Waals surface area contributed by atoms with Crippen LogP contribution in [0.4, 0.5) is 11.6 Å². The van der Waals surface area contributed by atoms with Crippen LogP contribution in [-0.2, 0) is 0 Å². The third-order valence-electron chi connectivity index (χ3n) is 3.33. The summed E-state index contributed by atoms with van der Waals surface area (Å²) in [5.74, 6) is 1.10. The first-order chi connectivity index (χ1) is 9.65. The summed E-state index contributed by atoms with van der Waals surface area (Å²) in [7, 11) is 0. The molecular weight excluding hydrogens is 254 g/mol. The van der Waals surface area contributed by atoms with Crippen molar-refractivity contribution in [3.8, 4) is 0 Å². The fourth-order valence-electron chi connectivity index (χ4n) is 2.18. The average Bonchev–Trinajstić information content (AvgIpc) is 3.24. The predicted molar refractivity (Wildman–Crippen MR) is 75.3 cm³/mol. The first-order valence-electron chi connectivity index (χ1n) is 6.49. The van der Waals surface area contributed by atoms with Crippen molar-refractivity contribution < 1.29 is 4.79 Å². The second-order valence-electron chi connectivity index (χ2n) is 4.95. The second-order valence-corrected chi connectivity index (χ2v) is 4.95.